The number of amides is 2. The number of halogens is 1. The van der Waals surface area contributed by atoms with Crippen LogP contribution in [0.2, 0.25) is 0 Å². The zero-order valence-corrected chi connectivity index (χ0v) is 15.7. The van der Waals surface area contributed by atoms with Gasteiger partial charge in [0.25, 0.3) is 0 Å². The molecule has 0 aliphatic heterocycles. The first-order valence-electron chi connectivity index (χ1n) is 9.03. The fourth-order valence-electron chi connectivity index (χ4n) is 2.99. The molecule has 0 saturated carbocycles. The Morgan fingerprint density at radius 1 is 1.07 bits per heavy atom. The Bertz CT molecular complexity index is 1140. The molecule has 0 fully saturated rings. The molecular weight excluding hydrogens is 371 g/mol. The molecule has 8 heteroatoms. The van der Waals surface area contributed by atoms with Crippen LogP contribution in [0.15, 0.2) is 67.1 Å². The number of nitrogens with one attached hydrogen (secondary N) is 3. The number of rotatable bonds is 5. The van der Waals surface area contributed by atoms with Crippen LogP contribution in [0.5, 0.6) is 0 Å². The van der Waals surface area contributed by atoms with Crippen molar-refractivity contribution in [1.82, 2.24) is 19.7 Å². The van der Waals surface area contributed by atoms with Crippen molar-refractivity contribution in [3.05, 3.63) is 78.5 Å². The van der Waals surface area contributed by atoms with Gasteiger partial charge in [0.05, 0.1) is 11.9 Å². The summed E-state index contributed by atoms with van der Waals surface area (Å²) < 4.78 is 14.9. The van der Waals surface area contributed by atoms with Crippen molar-refractivity contribution in [3.63, 3.8) is 0 Å². The first-order valence-corrected chi connectivity index (χ1v) is 9.03. The lowest BCUT2D eigenvalue weighted by atomic mass is 10.1. The highest BCUT2D eigenvalue weighted by Gasteiger charge is 2.10. The number of aromatic nitrogens is 3. The number of anilines is 2. The van der Waals surface area contributed by atoms with E-state index in [0.29, 0.717) is 18.1 Å². The lowest BCUT2D eigenvalue weighted by molar-refractivity contribution is 0.251. The van der Waals surface area contributed by atoms with Crippen LogP contribution in [0, 0.1) is 5.82 Å². The average Bonchev–Trinajstić information content (AvgIpc) is 3.18. The summed E-state index contributed by atoms with van der Waals surface area (Å²) in [5.74, 6) is 0.401. The minimum Gasteiger partial charge on any atom is -0.370 e. The monoisotopic (exact) mass is 390 g/mol. The Kier molecular flexibility index (Phi) is 5.07. The van der Waals surface area contributed by atoms with E-state index in [2.05, 4.69) is 25.9 Å². The summed E-state index contributed by atoms with van der Waals surface area (Å²) in [7, 11) is 1.80. The molecule has 0 bridgehead atoms. The van der Waals surface area contributed by atoms with Crippen molar-refractivity contribution in [1.29, 1.82) is 0 Å². The van der Waals surface area contributed by atoms with E-state index in [-0.39, 0.29) is 11.8 Å². The molecule has 0 spiro atoms. The molecule has 0 saturated heterocycles. The normalized spacial score (nSPS) is 10.7. The Morgan fingerprint density at radius 3 is 2.55 bits per heavy atom. The molecule has 2 amide bonds. The summed E-state index contributed by atoms with van der Waals surface area (Å²) in [5.41, 5.74) is 4.11. The van der Waals surface area contributed by atoms with E-state index in [9.17, 15) is 9.18 Å². The third kappa shape index (κ3) is 4.01. The molecule has 29 heavy (non-hydrogen) atoms. The molecule has 0 aliphatic carbocycles. The Hall–Kier alpha value is -3.94. The highest BCUT2D eigenvalue weighted by Crippen LogP contribution is 2.24. The zero-order chi connectivity index (χ0) is 20.2. The van der Waals surface area contributed by atoms with Gasteiger partial charge in [0.15, 0.2) is 11.5 Å². The standard InChI is InChI=1S/C21H19FN6O/c1-23-19-20-25-13-18(28(20)11-10-24-19)15-4-8-17(9-5-15)27-21(29)26-12-14-2-6-16(22)7-3-14/h2-11,13H,12H2,1H3,(H,23,24)(H2,26,27,29). The predicted octanol–water partition coefficient (Wildman–Crippen LogP) is 3.90. The van der Waals surface area contributed by atoms with Gasteiger partial charge in [0.2, 0.25) is 0 Å². The number of carbonyl (C=O) groups is 1. The molecule has 0 aliphatic rings. The third-order valence-electron chi connectivity index (χ3n) is 4.47. The van der Waals surface area contributed by atoms with E-state index in [4.69, 9.17) is 0 Å². The highest BCUT2D eigenvalue weighted by molar-refractivity contribution is 5.89. The van der Waals surface area contributed by atoms with Gasteiger partial charge >= 0.3 is 6.03 Å². The first-order chi connectivity index (χ1) is 14.1. The fourth-order valence-corrected chi connectivity index (χ4v) is 2.99. The molecule has 0 unspecified atom stereocenters. The van der Waals surface area contributed by atoms with E-state index in [1.807, 2.05) is 34.9 Å². The summed E-state index contributed by atoms with van der Waals surface area (Å²) in [6.45, 7) is 0.313. The van der Waals surface area contributed by atoms with Crippen LogP contribution in [0.25, 0.3) is 16.9 Å². The van der Waals surface area contributed by atoms with Gasteiger partial charge in [0.1, 0.15) is 5.82 Å². The number of imidazole rings is 1. The molecule has 7 nitrogen and oxygen atoms in total. The average molecular weight is 390 g/mol. The van der Waals surface area contributed by atoms with Crippen LogP contribution in [0.1, 0.15) is 5.56 Å². The topological polar surface area (TPSA) is 83.3 Å². The van der Waals surface area contributed by atoms with E-state index >= 15 is 0 Å². The maximum absolute atomic E-state index is 12.9. The summed E-state index contributed by atoms with van der Waals surface area (Å²) in [5, 5.41) is 8.55. The molecule has 0 atom stereocenters. The largest absolute Gasteiger partial charge is 0.370 e. The van der Waals surface area contributed by atoms with Crippen LogP contribution >= 0.6 is 0 Å². The minimum atomic E-state index is -0.332. The molecule has 4 rings (SSSR count). The number of hydrogen-bond acceptors (Lipinski definition) is 4. The lowest BCUT2D eigenvalue weighted by Gasteiger charge is -2.09. The van der Waals surface area contributed by atoms with Crippen molar-refractivity contribution >= 4 is 23.2 Å². The van der Waals surface area contributed by atoms with Crippen LogP contribution in [-0.4, -0.2) is 27.4 Å². The maximum Gasteiger partial charge on any atom is 0.319 e. The second-order valence-electron chi connectivity index (χ2n) is 6.37. The van der Waals surface area contributed by atoms with Gasteiger partial charge in [0, 0.05) is 37.2 Å². The van der Waals surface area contributed by atoms with E-state index in [0.717, 1.165) is 22.5 Å². The van der Waals surface area contributed by atoms with Crippen molar-refractivity contribution < 1.29 is 9.18 Å². The first kappa shape index (κ1) is 18.4. The number of benzene rings is 2. The van der Waals surface area contributed by atoms with Crippen LogP contribution in [0.4, 0.5) is 20.7 Å². The molecule has 0 radical (unpaired) electrons. The minimum absolute atomic E-state index is 0.303. The zero-order valence-electron chi connectivity index (χ0n) is 15.7. The van der Waals surface area contributed by atoms with Crippen LogP contribution < -0.4 is 16.0 Å². The number of hydrogen-bond donors (Lipinski definition) is 3. The number of nitrogens with zero attached hydrogens (tertiary/aromatic N) is 3. The lowest BCUT2D eigenvalue weighted by Crippen LogP contribution is -2.28. The molecule has 4 aromatic rings. The SMILES string of the molecule is CNc1nccn2c(-c3ccc(NC(=O)NCc4ccc(F)cc4)cc3)cnc12. The third-order valence-corrected chi connectivity index (χ3v) is 4.47. The summed E-state index contributed by atoms with van der Waals surface area (Å²) >= 11 is 0. The molecule has 2 aromatic carbocycles. The van der Waals surface area contributed by atoms with Gasteiger partial charge < -0.3 is 16.0 Å². The number of fused-ring (bicyclic) bond motifs is 1. The summed E-state index contributed by atoms with van der Waals surface area (Å²) in [6.07, 6.45) is 5.36. The van der Waals surface area contributed by atoms with E-state index in [1.165, 1.54) is 12.1 Å². The van der Waals surface area contributed by atoms with Gasteiger partial charge in [-0.3, -0.25) is 4.40 Å². The smallest absolute Gasteiger partial charge is 0.319 e. The Labute approximate surface area is 166 Å². The molecule has 2 heterocycles. The summed E-state index contributed by atoms with van der Waals surface area (Å²) in [6, 6.07) is 13.1. The Morgan fingerprint density at radius 2 is 1.83 bits per heavy atom. The molecule has 3 N–H and O–H groups in total. The van der Waals surface area contributed by atoms with Gasteiger partial charge in [-0.1, -0.05) is 24.3 Å². The van der Waals surface area contributed by atoms with Crippen LogP contribution in [0.3, 0.4) is 0 Å². The van der Waals surface area contributed by atoms with Gasteiger partial charge in [-0.2, -0.15) is 0 Å². The number of urea groups is 1. The Balaban J connectivity index is 1.43. The molecule has 2 aromatic heterocycles. The predicted molar refractivity (Wildman–Crippen MR) is 110 cm³/mol. The maximum atomic E-state index is 12.9. The van der Waals surface area contributed by atoms with Gasteiger partial charge in [-0.05, 0) is 29.8 Å². The number of carbonyl (C=O) groups excluding carboxylic acids is 1. The van der Waals surface area contributed by atoms with Gasteiger partial charge in [-0.15, -0.1) is 0 Å². The van der Waals surface area contributed by atoms with Crippen molar-refractivity contribution in [2.45, 2.75) is 6.54 Å². The van der Waals surface area contributed by atoms with Crippen molar-refractivity contribution in [3.8, 4) is 11.3 Å². The molecular formula is C21H19FN6O. The summed E-state index contributed by atoms with van der Waals surface area (Å²) in [4.78, 5) is 20.8. The van der Waals surface area contributed by atoms with Crippen LogP contribution in [-0.2, 0) is 6.54 Å². The second-order valence-corrected chi connectivity index (χ2v) is 6.37. The highest BCUT2D eigenvalue weighted by atomic mass is 19.1. The van der Waals surface area contributed by atoms with E-state index in [1.54, 1.807) is 31.6 Å². The molecule has 146 valence electrons. The van der Waals surface area contributed by atoms with Gasteiger partial charge in [-0.25, -0.2) is 19.2 Å². The van der Waals surface area contributed by atoms with E-state index < -0.39 is 0 Å². The van der Waals surface area contributed by atoms with Crippen molar-refractivity contribution in [2.75, 3.05) is 17.7 Å². The van der Waals surface area contributed by atoms with Crippen molar-refractivity contribution in [2.24, 2.45) is 0 Å². The fraction of sp³-hybridized carbons (Fsp3) is 0.0952. The second kappa shape index (κ2) is 7.97. The quantitative estimate of drug-likeness (QED) is 0.483.